The Kier molecular flexibility index (Phi) is 4.32. The number of nitrogens with two attached hydrogens (primary N) is 1. The molecule has 1 heterocycles. The SMILES string of the molecule is CC(N)S(=O)(=O)c1ccccn1.Cl. The molecule has 0 aliphatic heterocycles. The lowest BCUT2D eigenvalue weighted by Crippen LogP contribution is -2.27. The summed E-state index contributed by atoms with van der Waals surface area (Å²) in [7, 11) is -3.41. The van der Waals surface area contributed by atoms with Crippen molar-refractivity contribution in [1.82, 2.24) is 4.98 Å². The highest BCUT2D eigenvalue weighted by atomic mass is 35.5. The van der Waals surface area contributed by atoms with Crippen LogP contribution in [0.1, 0.15) is 6.92 Å². The van der Waals surface area contributed by atoms with Crippen LogP contribution in [0, 0.1) is 0 Å². The first-order valence-electron chi connectivity index (χ1n) is 3.45. The van der Waals surface area contributed by atoms with Gasteiger partial charge in [-0.05, 0) is 19.1 Å². The molecule has 0 spiro atoms. The van der Waals surface area contributed by atoms with Crippen LogP contribution in [0.25, 0.3) is 0 Å². The molecule has 0 radical (unpaired) electrons. The molecule has 0 saturated heterocycles. The molecule has 0 aliphatic carbocycles. The van der Waals surface area contributed by atoms with E-state index in [-0.39, 0.29) is 17.4 Å². The minimum absolute atomic E-state index is 0. The average molecular weight is 223 g/mol. The van der Waals surface area contributed by atoms with Crippen molar-refractivity contribution >= 4 is 22.2 Å². The van der Waals surface area contributed by atoms with Crippen molar-refractivity contribution in [2.45, 2.75) is 17.3 Å². The smallest absolute Gasteiger partial charge is 0.210 e. The molecule has 1 rings (SSSR count). The quantitative estimate of drug-likeness (QED) is 0.795. The third-order valence-corrected chi connectivity index (χ3v) is 3.22. The zero-order chi connectivity index (χ0) is 9.19. The van der Waals surface area contributed by atoms with Gasteiger partial charge in [-0.15, -0.1) is 12.4 Å². The third kappa shape index (κ3) is 2.65. The summed E-state index contributed by atoms with van der Waals surface area (Å²) in [6.45, 7) is 1.42. The molecule has 74 valence electrons. The Morgan fingerprint density at radius 1 is 1.46 bits per heavy atom. The summed E-state index contributed by atoms with van der Waals surface area (Å²) < 4.78 is 22.7. The van der Waals surface area contributed by atoms with E-state index in [2.05, 4.69) is 4.98 Å². The molecular weight excluding hydrogens is 212 g/mol. The molecular formula is C7H11ClN2O2S. The Hall–Kier alpha value is -0.650. The molecule has 4 nitrogen and oxygen atoms in total. The number of nitrogens with zero attached hydrogens (tertiary/aromatic N) is 1. The highest BCUT2D eigenvalue weighted by Gasteiger charge is 2.19. The van der Waals surface area contributed by atoms with Crippen LogP contribution in [-0.2, 0) is 9.84 Å². The lowest BCUT2D eigenvalue weighted by Gasteiger charge is -2.05. The van der Waals surface area contributed by atoms with Gasteiger partial charge in [0.25, 0.3) is 0 Å². The van der Waals surface area contributed by atoms with Crippen molar-refractivity contribution in [2.75, 3.05) is 0 Å². The Labute approximate surface area is 83.5 Å². The van der Waals surface area contributed by atoms with Gasteiger partial charge < -0.3 is 5.73 Å². The van der Waals surface area contributed by atoms with Gasteiger partial charge in [0.2, 0.25) is 9.84 Å². The summed E-state index contributed by atoms with van der Waals surface area (Å²) in [6, 6.07) is 4.70. The number of rotatable bonds is 2. The normalized spacial score (nSPS) is 13.1. The van der Waals surface area contributed by atoms with E-state index < -0.39 is 15.2 Å². The molecule has 1 atom stereocenters. The number of aromatic nitrogens is 1. The van der Waals surface area contributed by atoms with E-state index in [9.17, 15) is 8.42 Å². The molecule has 0 fully saturated rings. The minimum Gasteiger partial charge on any atom is -0.315 e. The second-order valence-corrected chi connectivity index (χ2v) is 4.67. The number of hydrogen-bond donors (Lipinski definition) is 1. The summed E-state index contributed by atoms with van der Waals surface area (Å²) in [4.78, 5) is 3.70. The van der Waals surface area contributed by atoms with Gasteiger partial charge in [0, 0.05) is 6.20 Å². The van der Waals surface area contributed by atoms with Crippen LogP contribution < -0.4 is 5.73 Å². The van der Waals surface area contributed by atoms with Crippen LogP contribution in [0.15, 0.2) is 29.4 Å². The first-order chi connectivity index (χ1) is 5.55. The summed E-state index contributed by atoms with van der Waals surface area (Å²) in [5.41, 5.74) is 5.27. The second kappa shape index (κ2) is 4.55. The first kappa shape index (κ1) is 12.3. The van der Waals surface area contributed by atoms with E-state index in [1.807, 2.05) is 0 Å². The molecule has 1 aromatic rings. The van der Waals surface area contributed by atoms with E-state index in [4.69, 9.17) is 5.73 Å². The molecule has 0 bridgehead atoms. The van der Waals surface area contributed by atoms with Gasteiger partial charge >= 0.3 is 0 Å². The highest BCUT2D eigenvalue weighted by molar-refractivity contribution is 7.91. The molecule has 13 heavy (non-hydrogen) atoms. The molecule has 1 aromatic heterocycles. The number of hydrogen-bond acceptors (Lipinski definition) is 4. The van der Waals surface area contributed by atoms with Crippen LogP contribution in [-0.4, -0.2) is 18.8 Å². The predicted molar refractivity (Wildman–Crippen MR) is 52.3 cm³/mol. The Balaban J connectivity index is 0.00000144. The highest BCUT2D eigenvalue weighted by Crippen LogP contribution is 2.08. The average Bonchev–Trinajstić information content (AvgIpc) is 2.06. The predicted octanol–water partition coefficient (Wildman–Crippen LogP) is 0.582. The molecule has 0 saturated carbocycles. The molecule has 6 heteroatoms. The Morgan fingerprint density at radius 3 is 2.46 bits per heavy atom. The fourth-order valence-electron chi connectivity index (χ4n) is 0.706. The monoisotopic (exact) mass is 222 g/mol. The van der Waals surface area contributed by atoms with Crippen molar-refractivity contribution in [3.8, 4) is 0 Å². The summed E-state index contributed by atoms with van der Waals surface area (Å²) in [5.74, 6) is 0. The Bertz CT molecular complexity index is 350. The van der Waals surface area contributed by atoms with Gasteiger partial charge in [-0.3, -0.25) is 0 Å². The van der Waals surface area contributed by atoms with Crippen molar-refractivity contribution in [1.29, 1.82) is 0 Å². The maximum Gasteiger partial charge on any atom is 0.210 e. The van der Waals surface area contributed by atoms with Gasteiger partial charge in [0.05, 0.1) is 0 Å². The molecule has 1 unspecified atom stereocenters. The number of pyridine rings is 1. The van der Waals surface area contributed by atoms with E-state index in [0.717, 1.165) is 0 Å². The van der Waals surface area contributed by atoms with E-state index >= 15 is 0 Å². The number of sulfone groups is 1. The van der Waals surface area contributed by atoms with Crippen molar-refractivity contribution < 1.29 is 8.42 Å². The topological polar surface area (TPSA) is 73.1 Å². The van der Waals surface area contributed by atoms with Crippen LogP contribution in [0.2, 0.25) is 0 Å². The van der Waals surface area contributed by atoms with Gasteiger partial charge in [0.1, 0.15) is 5.37 Å². The van der Waals surface area contributed by atoms with Crippen LogP contribution in [0.5, 0.6) is 0 Å². The zero-order valence-corrected chi connectivity index (χ0v) is 8.68. The maximum absolute atomic E-state index is 11.3. The van der Waals surface area contributed by atoms with Gasteiger partial charge in [-0.1, -0.05) is 6.07 Å². The maximum atomic E-state index is 11.3. The zero-order valence-electron chi connectivity index (χ0n) is 7.04. The van der Waals surface area contributed by atoms with Gasteiger partial charge in [-0.25, -0.2) is 13.4 Å². The summed E-state index contributed by atoms with van der Waals surface area (Å²) in [5, 5.41) is -0.882. The largest absolute Gasteiger partial charge is 0.315 e. The lowest BCUT2D eigenvalue weighted by atomic mass is 10.5. The minimum atomic E-state index is -3.41. The summed E-state index contributed by atoms with van der Waals surface area (Å²) in [6.07, 6.45) is 1.43. The van der Waals surface area contributed by atoms with E-state index in [1.54, 1.807) is 12.1 Å². The van der Waals surface area contributed by atoms with E-state index in [1.165, 1.54) is 19.2 Å². The van der Waals surface area contributed by atoms with Gasteiger partial charge in [-0.2, -0.15) is 0 Å². The fraction of sp³-hybridized carbons (Fsp3) is 0.286. The Morgan fingerprint density at radius 2 is 2.08 bits per heavy atom. The van der Waals surface area contributed by atoms with Crippen molar-refractivity contribution in [3.05, 3.63) is 24.4 Å². The van der Waals surface area contributed by atoms with E-state index in [0.29, 0.717) is 0 Å². The summed E-state index contributed by atoms with van der Waals surface area (Å²) >= 11 is 0. The van der Waals surface area contributed by atoms with Crippen LogP contribution >= 0.6 is 12.4 Å². The standard InChI is InChI=1S/C7H10N2O2S.ClH/c1-6(8)12(10,11)7-4-2-3-5-9-7;/h2-6H,8H2,1H3;1H. The fourth-order valence-corrected chi connectivity index (χ4v) is 1.56. The van der Waals surface area contributed by atoms with Crippen molar-refractivity contribution in [3.63, 3.8) is 0 Å². The second-order valence-electron chi connectivity index (χ2n) is 2.42. The van der Waals surface area contributed by atoms with Crippen LogP contribution in [0.3, 0.4) is 0 Å². The van der Waals surface area contributed by atoms with Crippen molar-refractivity contribution in [2.24, 2.45) is 5.73 Å². The van der Waals surface area contributed by atoms with Crippen LogP contribution in [0.4, 0.5) is 0 Å². The van der Waals surface area contributed by atoms with Gasteiger partial charge in [0.15, 0.2) is 5.03 Å². The molecule has 0 aromatic carbocycles. The molecule has 2 N–H and O–H groups in total. The number of halogens is 1. The lowest BCUT2D eigenvalue weighted by molar-refractivity contribution is 0.581. The first-order valence-corrected chi connectivity index (χ1v) is 5.00. The molecule has 0 amide bonds. The molecule has 0 aliphatic rings. The third-order valence-electron chi connectivity index (χ3n) is 1.42.